The second-order valence-corrected chi connectivity index (χ2v) is 11.3. The van der Waals surface area contributed by atoms with Crippen molar-refractivity contribution in [1.82, 2.24) is 9.62 Å². The molecule has 2 rings (SSSR count). The first-order chi connectivity index (χ1) is 15.4. The maximum atomic E-state index is 12.6. The van der Waals surface area contributed by atoms with E-state index >= 15 is 0 Å². The van der Waals surface area contributed by atoms with E-state index in [1.54, 1.807) is 24.3 Å². The SMILES string of the molecule is COc1ccc(N(C(C)C(=O)NCCOc2ccc(S(=O)(=O)N(C)C)cc2)S(C)(=O)=O)cc1. The lowest BCUT2D eigenvalue weighted by molar-refractivity contribution is -0.121. The molecule has 1 atom stereocenters. The fourth-order valence-corrected chi connectivity index (χ4v) is 5.02. The number of methoxy groups -OCH3 is 1. The fourth-order valence-electron chi connectivity index (χ4n) is 2.95. The maximum Gasteiger partial charge on any atom is 0.243 e. The summed E-state index contributed by atoms with van der Waals surface area (Å²) in [5.74, 6) is 0.507. The van der Waals surface area contributed by atoms with Crippen LogP contribution in [0, 0.1) is 0 Å². The first-order valence-corrected chi connectivity index (χ1v) is 13.2. The Morgan fingerprint density at radius 2 is 1.52 bits per heavy atom. The minimum absolute atomic E-state index is 0.111. The van der Waals surface area contributed by atoms with E-state index < -0.39 is 32.0 Å². The van der Waals surface area contributed by atoms with E-state index in [9.17, 15) is 21.6 Å². The highest BCUT2D eigenvalue weighted by molar-refractivity contribution is 7.92. The molecule has 0 aliphatic heterocycles. The Balaban J connectivity index is 1.96. The van der Waals surface area contributed by atoms with Crippen molar-refractivity contribution in [3.63, 3.8) is 0 Å². The van der Waals surface area contributed by atoms with Crippen molar-refractivity contribution in [1.29, 1.82) is 0 Å². The molecule has 2 aromatic carbocycles. The Morgan fingerprint density at radius 1 is 0.970 bits per heavy atom. The van der Waals surface area contributed by atoms with Crippen LogP contribution in [0.4, 0.5) is 5.69 Å². The molecule has 1 unspecified atom stereocenters. The minimum Gasteiger partial charge on any atom is -0.497 e. The van der Waals surface area contributed by atoms with Crippen LogP contribution in [0.25, 0.3) is 0 Å². The number of carbonyl (C=O) groups excluding carboxylic acids is 1. The van der Waals surface area contributed by atoms with Gasteiger partial charge in [-0.25, -0.2) is 21.1 Å². The van der Waals surface area contributed by atoms with Crippen LogP contribution in [0.2, 0.25) is 0 Å². The molecule has 0 fully saturated rings. The van der Waals surface area contributed by atoms with Crippen LogP contribution < -0.4 is 19.1 Å². The summed E-state index contributed by atoms with van der Waals surface area (Å²) in [5, 5.41) is 2.65. The summed E-state index contributed by atoms with van der Waals surface area (Å²) in [5.41, 5.74) is 0.338. The topological polar surface area (TPSA) is 122 Å². The molecule has 0 saturated carbocycles. The second kappa shape index (κ2) is 10.9. The largest absolute Gasteiger partial charge is 0.497 e. The van der Waals surface area contributed by atoms with E-state index in [1.165, 1.54) is 52.4 Å². The lowest BCUT2D eigenvalue weighted by Crippen LogP contribution is -2.48. The van der Waals surface area contributed by atoms with Gasteiger partial charge in [-0.1, -0.05) is 0 Å². The third kappa shape index (κ3) is 6.83. The monoisotopic (exact) mass is 499 g/mol. The normalized spacial score (nSPS) is 12.8. The van der Waals surface area contributed by atoms with Gasteiger partial charge in [-0.2, -0.15) is 0 Å². The van der Waals surface area contributed by atoms with Crippen molar-refractivity contribution in [2.24, 2.45) is 0 Å². The predicted octanol–water partition coefficient (Wildman–Crippen LogP) is 1.30. The zero-order chi connectivity index (χ0) is 24.8. The molecule has 1 N–H and O–H groups in total. The summed E-state index contributed by atoms with van der Waals surface area (Å²) in [4.78, 5) is 12.7. The van der Waals surface area contributed by atoms with Crippen LogP contribution in [-0.4, -0.2) is 73.7 Å². The molecule has 0 bridgehead atoms. The third-order valence-electron chi connectivity index (χ3n) is 4.69. The number of amides is 1. The van der Waals surface area contributed by atoms with Gasteiger partial charge in [-0.15, -0.1) is 0 Å². The molecule has 0 spiro atoms. The number of nitrogens with one attached hydrogen (secondary N) is 1. The zero-order valence-electron chi connectivity index (χ0n) is 19.2. The molecular formula is C21H29N3O7S2. The van der Waals surface area contributed by atoms with Gasteiger partial charge in [0, 0.05) is 14.1 Å². The molecule has 1 amide bonds. The van der Waals surface area contributed by atoms with Gasteiger partial charge in [0.25, 0.3) is 0 Å². The highest BCUT2D eigenvalue weighted by atomic mass is 32.2. The number of anilines is 1. The number of rotatable bonds is 11. The number of benzene rings is 2. The van der Waals surface area contributed by atoms with Gasteiger partial charge < -0.3 is 14.8 Å². The number of hydrogen-bond donors (Lipinski definition) is 1. The van der Waals surface area contributed by atoms with Gasteiger partial charge in [-0.3, -0.25) is 9.10 Å². The van der Waals surface area contributed by atoms with E-state index in [4.69, 9.17) is 9.47 Å². The molecule has 2 aromatic rings. The summed E-state index contributed by atoms with van der Waals surface area (Å²) in [6.45, 7) is 1.73. The van der Waals surface area contributed by atoms with Gasteiger partial charge in [0.15, 0.2) is 0 Å². The number of ether oxygens (including phenoxy) is 2. The van der Waals surface area contributed by atoms with E-state index in [2.05, 4.69) is 5.32 Å². The van der Waals surface area contributed by atoms with Gasteiger partial charge in [0.1, 0.15) is 24.1 Å². The number of nitrogens with zero attached hydrogens (tertiary/aromatic N) is 2. The van der Waals surface area contributed by atoms with Gasteiger partial charge in [0.05, 0.1) is 30.5 Å². The molecule has 10 nitrogen and oxygen atoms in total. The molecule has 0 aromatic heterocycles. The Bertz CT molecular complexity index is 1150. The van der Waals surface area contributed by atoms with Crippen molar-refractivity contribution in [3.8, 4) is 11.5 Å². The van der Waals surface area contributed by atoms with E-state index in [1.807, 2.05) is 0 Å². The molecule has 182 valence electrons. The predicted molar refractivity (Wildman–Crippen MR) is 126 cm³/mol. The van der Waals surface area contributed by atoms with Crippen molar-refractivity contribution < 1.29 is 31.1 Å². The summed E-state index contributed by atoms with van der Waals surface area (Å²) < 4.78 is 61.6. The lowest BCUT2D eigenvalue weighted by Gasteiger charge is -2.28. The van der Waals surface area contributed by atoms with Crippen molar-refractivity contribution in [3.05, 3.63) is 48.5 Å². The molecule has 0 radical (unpaired) electrons. The van der Waals surface area contributed by atoms with Crippen LogP contribution in [0.5, 0.6) is 11.5 Å². The Labute approximate surface area is 195 Å². The molecule has 0 heterocycles. The summed E-state index contributed by atoms with van der Waals surface area (Å²) >= 11 is 0. The molecule has 33 heavy (non-hydrogen) atoms. The average molecular weight is 500 g/mol. The minimum atomic E-state index is -3.73. The zero-order valence-corrected chi connectivity index (χ0v) is 20.8. The summed E-state index contributed by atoms with van der Waals surface area (Å²) in [6.07, 6.45) is 1.03. The van der Waals surface area contributed by atoms with Crippen LogP contribution in [0.1, 0.15) is 6.92 Å². The quantitative estimate of drug-likeness (QED) is 0.462. The average Bonchev–Trinajstić information content (AvgIpc) is 2.76. The van der Waals surface area contributed by atoms with Crippen LogP contribution in [0.3, 0.4) is 0 Å². The molecule has 0 aliphatic carbocycles. The fraction of sp³-hybridized carbons (Fsp3) is 0.381. The van der Waals surface area contributed by atoms with E-state index in [0.717, 1.165) is 14.9 Å². The second-order valence-electron chi connectivity index (χ2n) is 7.33. The van der Waals surface area contributed by atoms with Gasteiger partial charge >= 0.3 is 0 Å². The highest BCUT2D eigenvalue weighted by Crippen LogP contribution is 2.24. The van der Waals surface area contributed by atoms with Crippen molar-refractivity contribution in [2.45, 2.75) is 17.9 Å². The van der Waals surface area contributed by atoms with E-state index in [-0.39, 0.29) is 18.0 Å². The first-order valence-electron chi connectivity index (χ1n) is 9.94. The molecule has 0 aliphatic rings. The molecule has 0 saturated heterocycles. The first kappa shape index (κ1) is 26.4. The number of sulfonamides is 2. The molecular weight excluding hydrogens is 470 g/mol. The maximum absolute atomic E-state index is 12.6. The van der Waals surface area contributed by atoms with Crippen molar-refractivity contribution in [2.75, 3.05) is 44.9 Å². The van der Waals surface area contributed by atoms with Crippen LogP contribution in [-0.2, 0) is 24.8 Å². The molecule has 12 heteroatoms. The van der Waals surface area contributed by atoms with Gasteiger partial charge in [-0.05, 0) is 55.5 Å². The number of carbonyl (C=O) groups is 1. The van der Waals surface area contributed by atoms with Crippen molar-refractivity contribution >= 4 is 31.6 Å². The summed E-state index contributed by atoms with van der Waals surface area (Å²) in [7, 11) is -2.86. The number of hydrogen-bond acceptors (Lipinski definition) is 7. The summed E-state index contributed by atoms with van der Waals surface area (Å²) in [6, 6.07) is 11.3. The smallest absolute Gasteiger partial charge is 0.243 e. The van der Waals surface area contributed by atoms with Crippen LogP contribution in [0.15, 0.2) is 53.4 Å². The third-order valence-corrected chi connectivity index (χ3v) is 7.76. The highest BCUT2D eigenvalue weighted by Gasteiger charge is 2.29. The van der Waals surface area contributed by atoms with E-state index in [0.29, 0.717) is 17.2 Å². The Hall–Kier alpha value is -2.83. The van der Waals surface area contributed by atoms with Crippen LogP contribution >= 0.6 is 0 Å². The Morgan fingerprint density at radius 3 is 2.00 bits per heavy atom. The standard InChI is InChI=1S/C21H29N3O7S2/c1-16(24(32(5,26)27)17-6-8-18(30-4)9-7-17)21(25)22-14-15-31-19-10-12-20(13-11-19)33(28,29)23(2)3/h6-13,16H,14-15H2,1-5H3,(H,22,25). The Kier molecular flexibility index (Phi) is 8.69. The van der Waals surface area contributed by atoms with Gasteiger partial charge in [0.2, 0.25) is 26.0 Å². The lowest BCUT2D eigenvalue weighted by atomic mass is 10.2.